The molecule has 1 aromatic carbocycles. The Balaban J connectivity index is 2.03. The molecule has 0 saturated carbocycles. The van der Waals surface area contributed by atoms with Gasteiger partial charge in [-0.25, -0.2) is 4.39 Å². The number of nitrogens with one attached hydrogen (secondary N) is 2. The third-order valence-corrected chi connectivity index (χ3v) is 2.54. The highest BCUT2D eigenvalue weighted by Gasteiger charge is 2.07. The third kappa shape index (κ3) is 3.83. The molecule has 8 heteroatoms. The van der Waals surface area contributed by atoms with Crippen molar-refractivity contribution in [3.05, 3.63) is 48.2 Å². The largest absolute Gasteiger partial charge is 0.483 e. The quantitative estimate of drug-likeness (QED) is 0.429. The standard InChI is InChI=1S/C14H12FN5O2/c15-11-6-9(19-20-12(7-16)14(17)18)3-4-13(11)22-8-10-2-1-5-21-10/h1-6,19H,8H2,(H3,17,18)/b20-12+. The summed E-state index contributed by atoms with van der Waals surface area (Å²) in [5.41, 5.74) is 7.58. The highest BCUT2D eigenvalue weighted by molar-refractivity contribution is 6.45. The molecule has 22 heavy (non-hydrogen) atoms. The Bertz CT molecular complexity index is 734. The minimum Gasteiger partial charge on any atom is -0.483 e. The van der Waals surface area contributed by atoms with Crippen molar-refractivity contribution in [3.8, 4) is 11.8 Å². The van der Waals surface area contributed by atoms with E-state index < -0.39 is 11.7 Å². The summed E-state index contributed by atoms with van der Waals surface area (Å²) in [5.74, 6) is -0.453. The Labute approximate surface area is 125 Å². The van der Waals surface area contributed by atoms with Crippen LogP contribution in [0.1, 0.15) is 5.76 Å². The van der Waals surface area contributed by atoms with E-state index in [1.165, 1.54) is 18.4 Å². The molecule has 0 amide bonds. The third-order valence-electron chi connectivity index (χ3n) is 2.54. The van der Waals surface area contributed by atoms with Gasteiger partial charge in [-0.3, -0.25) is 10.8 Å². The number of amidine groups is 1. The number of benzene rings is 1. The highest BCUT2D eigenvalue weighted by Crippen LogP contribution is 2.22. The van der Waals surface area contributed by atoms with E-state index in [0.29, 0.717) is 5.76 Å². The van der Waals surface area contributed by atoms with Crippen molar-refractivity contribution < 1.29 is 13.5 Å². The SMILES string of the molecule is N#C/C(=N\Nc1ccc(OCc2ccco2)c(F)c1)C(=N)N. The first-order valence-electron chi connectivity index (χ1n) is 6.13. The molecule has 0 aliphatic carbocycles. The second kappa shape index (κ2) is 6.90. The number of hydrogen-bond acceptors (Lipinski definition) is 6. The van der Waals surface area contributed by atoms with E-state index in [2.05, 4.69) is 10.5 Å². The lowest BCUT2D eigenvalue weighted by atomic mass is 10.3. The predicted molar refractivity (Wildman–Crippen MR) is 78.0 cm³/mol. The Hall–Kier alpha value is -3.34. The van der Waals surface area contributed by atoms with E-state index in [-0.39, 0.29) is 23.8 Å². The minimum absolute atomic E-state index is 0.0537. The number of halogens is 1. The van der Waals surface area contributed by atoms with E-state index >= 15 is 0 Å². The molecule has 0 bridgehead atoms. The van der Waals surface area contributed by atoms with Gasteiger partial charge in [0.15, 0.2) is 17.4 Å². The maximum absolute atomic E-state index is 13.9. The summed E-state index contributed by atoms with van der Waals surface area (Å²) in [4.78, 5) is 0. The van der Waals surface area contributed by atoms with Gasteiger partial charge in [-0.2, -0.15) is 10.4 Å². The van der Waals surface area contributed by atoms with Crippen molar-refractivity contribution in [2.75, 3.05) is 5.43 Å². The lowest BCUT2D eigenvalue weighted by Gasteiger charge is -2.07. The lowest BCUT2D eigenvalue weighted by molar-refractivity contribution is 0.258. The topological polar surface area (TPSA) is 120 Å². The number of hydrogen-bond donors (Lipinski definition) is 3. The molecule has 2 rings (SSSR count). The van der Waals surface area contributed by atoms with Crippen LogP contribution in [0.2, 0.25) is 0 Å². The van der Waals surface area contributed by atoms with E-state index in [1.807, 2.05) is 0 Å². The van der Waals surface area contributed by atoms with Crippen LogP contribution in [0, 0.1) is 22.6 Å². The Morgan fingerprint density at radius 2 is 2.32 bits per heavy atom. The number of ether oxygens (including phenoxy) is 1. The second-order valence-electron chi connectivity index (χ2n) is 4.11. The molecule has 2 aromatic rings. The number of nitriles is 1. The van der Waals surface area contributed by atoms with Crippen LogP contribution in [0.5, 0.6) is 5.75 Å². The van der Waals surface area contributed by atoms with Gasteiger partial charge in [0.2, 0.25) is 5.71 Å². The smallest absolute Gasteiger partial charge is 0.201 e. The van der Waals surface area contributed by atoms with Gasteiger partial charge in [-0.05, 0) is 24.3 Å². The number of nitrogens with two attached hydrogens (primary N) is 1. The van der Waals surface area contributed by atoms with Crippen LogP contribution < -0.4 is 15.9 Å². The molecule has 1 aromatic heterocycles. The average Bonchev–Trinajstić information content (AvgIpc) is 3.00. The number of rotatable bonds is 6. The van der Waals surface area contributed by atoms with Gasteiger partial charge < -0.3 is 14.9 Å². The first kappa shape index (κ1) is 15.1. The van der Waals surface area contributed by atoms with E-state index in [1.54, 1.807) is 18.2 Å². The van der Waals surface area contributed by atoms with Crippen LogP contribution in [0.4, 0.5) is 10.1 Å². The number of furan rings is 1. The van der Waals surface area contributed by atoms with Gasteiger partial charge in [0.25, 0.3) is 0 Å². The molecular formula is C14H12FN5O2. The number of hydrazone groups is 1. The van der Waals surface area contributed by atoms with Crippen molar-refractivity contribution in [2.24, 2.45) is 10.8 Å². The fraction of sp³-hybridized carbons (Fsp3) is 0.0714. The Morgan fingerprint density at radius 1 is 1.50 bits per heavy atom. The minimum atomic E-state index is -0.604. The molecular weight excluding hydrogens is 289 g/mol. The zero-order chi connectivity index (χ0) is 15.9. The van der Waals surface area contributed by atoms with E-state index in [4.69, 9.17) is 25.6 Å². The summed E-state index contributed by atoms with van der Waals surface area (Å²) in [5, 5.41) is 19.4. The van der Waals surface area contributed by atoms with E-state index in [9.17, 15) is 4.39 Å². The molecule has 0 radical (unpaired) electrons. The van der Waals surface area contributed by atoms with Gasteiger partial charge in [-0.15, -0.1) is 0 Å². The van der Waals surface area contributed by atoms with Crippen LogP contribution in [-0.2, 0) is 6.61 Å². The van der Waals surface area contributed by atoms with Crippen LogP contribution >= 0.6 is 0 Å². The number of anilines is 1. The number of nitrogens with zero attached hydrogens (tertiary/aromatic N) is 2. The highest BCUT2D eigenvalue weighted by atomic mass is 19.1. The molecule has 0 saturated heterocycles. The van der Waals surface area contributed by atoms with Gasteiger partial charge in [0, 0.05) is 6.07 Å². The van der Waals surface area contributed by atoms with Crippen LogP contribution in [0.25, 0.3) is 0 Å². The summed E-state index contributed by atoms with van der Waals surface area (Å²) in [7, 11) is 0. The fourth-order valence-corrected chi connectivity index (χ4v) is 1.50. The molecule has 0 aliphatic rings. The summed E-state index contributed by atoms with van der Waals surface area (Å²) in [6.45, 7) is 0.109. The first-order chi connectivity index (χ1) is 10.6. The molecule has 1 heterocycles. The second-order valence-corrected chi connectivity index (χ2v) is 4.11. The molecule has 0 aliphatic heterocycles. The summed E-state index contributed by atoms with van der Waals surface area (Å²) in [6, 6.07) is 9.14. The first-order valence-corrected chi connectivity index (χ1v) is 6.13. The van der Waals surface area contributed by atoms with Crippen molar-refractivity contribution in [1.82, 2.24) is 0 Å². The predicted octanol–water partition coefficient (Wildman–Crippen LogP) is 2.23. The van der Waals surface area contributed by atoms with Gasteiger partial charge in [0.05, 0.1) is 12.0 Å². The van der Waals surface area contributed by atoms with Gasteiger partial charge in [0.1, 0.15) is 18.4 Å². The lowest BCUT2D eigenvalue weighted by Crippen LogP contribution is -2.21. The Kier molecular flexibility index (Phi) is 4.72. The van der Waals surface area contributed by atoms with Crippen molar-refractivity contribution in [2.45, 2.75) is 6.61 Å². The molecule has 0 fully saturated rings. The normalized spacial score (nSPS) is 10.8. The van der Waals surface area contributed by atoms with Crippen molar-refractivity contribution >= 4 is 17.2 Å². The molecule has 4 N–H and O–H groups in total. The summed E-state index contributed by atoms with van der Waals surface area (Å²) >= 11 is 0. The van der Waals surface area contributed by atoms with Crippen molar-refractivity contribution in [3.63, 3.8) is 0 Å². The van der Waals surface area contributed by atoms with E-state index in [0.717, 1.165) is 6.07 Å². The zero-order valence-corrected chi connectivity index (χ0v) is 11.3. The van der Waals surface area contributed by atoms with Gasteiger partial charge >= 0.3 is 0 Å². The van der Waals surface area contributed by atoms with Crippen LogP contribution in [0.15, 0.2) is 46.1 Å². The summed E-state index contributed by atoms with van der Waals surface area (Å²) in [6.07, 6.45) is 1.50. The molecule has 0 unspecified atom stereocenters. The molecule has 0 atom stereocenters. The molecule has 7 nitrogen and oxygen atoms in total. The zero-order valence-electron chi connectivity index (χ0n) is 11.3. The fourth-order valence-electron chi connectivity index (χ4n) is 1.50. The van der Waals surface area contributed by atoms with Crippen LogP contribution in [-0.4, -0.2) is 11.5 Å². The van der Waals surface area contributed by atoms with Crippen LogP contribution in [0.3, 0.4) is 0 Å². The maximum atomic E-state index is 13.9. The molecule has 0 spiro atoms. The van der Waals surface area contributed by atoms with Gasteiger partial charge in [-0.1, -0.05) is 0 Å². The monoisotopic (exact) mass is 301 g/mol. The summed E-state index contributed by atoms with van der Waals surface area (Å²) < 4.78 is 24.2. The maximum Gasteiger partial charge on any atom is 0.201 e. The molecule has 112 valence electrons. The Morgan fingerprint density at radius 3 is 2.91 bits per heavy atom. The van der Waals surface area contributed by atoms with Crippen molar-refractivity contribution in [1.29, 1.82) is 10.7 Å². The average molecular weight is 301 g/mol.